The molecule has 0 amide bonds. The van der Waals surface area contributed by atoms with Gasteiger partial charge in [-0.25, -0.2) is 9.98 Å². The molecule has 0 aromatic carbocycles. The molecule has 40 heavy (non-hydrogen) atoms. The van der Waals surface area contributed by atoms with Crippen LogP contribution in [0.3, 0.4) is 0 Å². The third-order valence-electron chi connectivity index (χ3n) is 10.1. The van der Waals surface area contributed by atoms with E-state index in [1.807, 2.05) is 6.92 Å². The number of halogens is 1. The predicted molar refractivity (Wildman–Crippen MR) is 151 cm³/mol. The van der Waals surface area contributed by atoms with E-state index in [1.165, 1.54) is 24.8 Å². The van der Waals surface area contributed by atoms with Crippen molar-refractivity contribution in [2.75, 3.05) is 12.4 Å². The molecule has 5 rings (SSSR count). The lowest BCUT2D eigenvalue weighted by Crippen LogP contribution is -2.62. The number of aliphatic imine (C=N–C) groups is 1. The Balaban J connectivity index is 1.51. The van der Waals surface area contributed by atoms with Gasteiger partial charge in [-0.05, 0) is 91.7 Å². The Hall–Kier alpha value is -2.56. The first kappa shape index (κ1) is 29.0. The van der Waals surface area contributed by atoms with Crippen molar-refractivity contribution in [2.45, 2.75) is 71.0 Å². The standard InChI is InChI=1S/C30H38FN3O5S/c1-17(36)39-30(27(38)40-11-10-35)9-8-22-21-6-4-19-12-23(34-20-5-7-25(31)33-16-20)18(15-32)13-28(19,2)26(21)24(37)14-29(22,30)3/h5,7,12,15-16,21-22,24,26,35,37H,4,6,8-11,13-14,32H2,1-3H3/t21-,22?,24?,26?,28-,29-,30-/m0/s1. The van der Waals surface area contributed by atoms with Crippen LogP contribution in [0.4, 0.5) is 10.1 Å². The van der Waals surface area contributed by atoms with Gasteiger partial charge in [0.05, 0.1) is 30.3 Å². The molecule has 10 heteroatoms. The summed E-state index contributed by atoms with van der Waals surface area (Å²) in [5, 5.41) is 21.0. The summed E-state index contributed by atoms with van der Waals surface area (Å²) in [6.07, 6.45) is 8.02. The Morgan fingerprint density at radius 2 is 2.10 bits per heavy atom. The molecule has 8 nitrogen and oxygen atoms in total. The van der Waals surface area contributed by atoms with Gasteiger partial charge in [-0.1, -0.05) is 31.2 Å². The van der Waals surface area contributed by atoms with E-state index in [9.17, 15) is 24.2 Å². The minimum Gasteiger partial charge on any atom is -0.450 e. The molecule has 7 atom stereocenters. The molecule has 3 fully saturated rings. The Morgan fingerprint density at radius 3 is 2.75 bits per heavy atom. The molecular formula is C30H38FN3O5S. The van der Waals surface area contributed by atoms with Crippen LogP contribution in [0.15, 0.2) is 46.7 Å². The number of ether oxygens (including phenoxy) is 1. The van der Waals surface area contributed by atoms with Crippen LogP contribution in [0.5, 0.6) is 0 Å². The predicted octanol–water partition coefficient (Wildman–Crippen LogP) is 4.23. The molecule has 4 aliphatic rings. The zero-order chi connectivity index (χ0) is 28.9. The fourth-order valence-corrected chi connectivity index (χ4v) is 9.43. The summed E-state index contributed by atoms with van der Waals surface area (Å²) in [5.41, 5.74) is 7.00. The van der Waals surface area contributed by atoms with Gasteiger partial charge in [-0.2, -0.15) is 4.39 Å². The second-order valence-corrected chi connectivity index (χ2v) is 13.2. The molecule has 0 spiro atoms. The van der Waals surface area contributed by atoms with Crippen molar-refractivity contribution in [3.63, 3.8) is 0 Å². The highest BCUT2D eigenvalue weighted by Crippen LogP contribution is 2.69. The summed E-state index contributed by atoms with van der Waals surface area (Å²) in [7, 11) is 0. The maximum absolute atomic E-state index is 13.6. The number of nitrogens with two attached hydrogens (primary N) is 1. The number of carbonyl (C=O) groups excluding carboxylic acids is 2. The number of carbonyl (C=O) groups is 2. The molecule has 4 N–H and O–H groups in total. The van der Waals surface area contributed by atoms with Crippen LogP contribution in [0.1, 0.15) is 59.3 Å². The lowest BCUT2D eigenvalue weighted by atomic mass is 9.45. The highest BCUT2D eigenvalue weighted by atomic mass is 32.2. The molecular weight excluding hydrogens is 533 g/mol. The minimum atomic E-state index is -1.33. The van der Waals surface area contributed by atoms with E-state index in [4.69, 9.17) is 15.5 Å². The number of nitrogens with zero attached hydrogens (tertiary/aromatic N) is 2. The molecule has 1 aromatic rings. The topological polar surface area (TPSA) is 135 Å². The van der Waals surface area contributed by atoms with Crippen LogP contribution in [-0.2, 0) is 14.3 Å². The van der Waals surface area contributed by atoms with Gasteiger partial charge in [0.1, 0.15) is 0 Å². The van der Waals surface area contributed by atoms with Crippen molar-refractivity contribution in [2.24, 2.45) is 39.3 Å². The maximum atomic E-state index is 13.6. The van der Waals surface area contributed by atoms with Gasteiger partial charge in [-0.3, -0.25) is 9.59 Å². The zero-order valence-electron chi connectivity index (χ0n) is 23.2. The number of aliphatic hydroxyl groups excluding tert-OH is 2. The molecule has 0 aliphatic heterocycles. The summed E-state index contributed by atoms with van der Waals surface area (Å²) >= 11 is 1.01. The summed E-state index contributed by atoms with van der Waals surface area (Å²) in [5.74, 6) is -0.697. The van der Waals surface area contributed by atoms with Gasteiger partial charge in [0, 0.05) is 18.1 Å². The summed E-state index contributed by atoms with van der Waals surface area (Å²) in [6, 6.07) is 2.85. The van der Waals surface area contributed by atoms with Gasteiger partial charge < -0.3 is 20.7 Å². The average molecular weight is 572 g/mol. The summed E-state index contributed by atoms with van der Waals surface area (Å²) < 4.78 is 19.2. The van der Waals surface area contributed by atoms with Crippen LogP contribution in [0, 0.1) is 34.5 Å². The SMILES string of the molecule is CC(=O)O[C@]1(C(=O)SCCO)CCC2[C@@H]3CCC4=CC(=Nc5ccc(F)nc5)C(=CN)C[C@]4(C)C3C(O)C[C@@]21C. The van der Waals surface area contributed by atoms with Crippen LogP contribution in [0.2, 0.25) is 0 Å². The molecule has 1 aromatic heterocycles. The third kappa shape index (κ3) is 4.52. The lowest BCUT2D eigenvalue weighted by molar-refractivity contribution is -0.195. The van der Waals surface area contributed by atoms with Crippen LogP contribution in [0.25, 0.3) is 0 Å². The smallest absolute Gasteiger partial charge is 0.303 e. The first-order chi connectivity index (χ1) is 19.0. The van der Waals surface area contributed by atoms with E-state index >= 15 is 0 Å². The number of pyridine rings is 1. The lowest BCUT2D eigenvalue weighted by Gasteiger charge is -2.60. The Kier molecular flexibility index (Phi) is 7.74. The van der Waals surface area contributed by atoms with E-state index in [-0.39, 0.29) is 40.6 Å². The van der Waals surface area contributed by atoms with Crippen LogP contribution in [-0.4, -0.2) is 56.1 Å². The summed E-state index contributed by atoms with van der Waals surface area (Å²) in [4.78, 5) is 34.3. The molecule has 4 aliphatic carbocycles. The number of hydrogen-bond donors (Lipinski definition) is 3. The second kappa shape index (κ2) is 10.7. The van der Waals surface area contributed by atoms with Crippen molar-refractivity contribution < 1.29 is 28.9 Å². The van der Waals surface area contributed by atoms with E-state index in [0.717, 1.165) is 42.3 Å². The first-order valence-electron chi connectivity index (χ1n) is 14.0. The second-order valence-electron chi connectivity index (χ2n) is 12.1. The van der Waals surface area contributed by atoms with Crippen molar-refractivity contribution >= 4 is 34.2 Å². The first-order valence-corrected chi connectivity index (χ1v) is 15.0. The number of thioether (sulfide) groups is 1. The van der Waals surface area contributed by atoms with Gasteiger partial charge >= 0.3 is 5.97 Å². The largest absolute Gasteiger partial charge is 0.450 e. The molecule has 0 saturated heterocycles. The number of aromatic nitrogens is 1. The Labute approximate surface area is 238 Å². The van der Waals surface area contributed by atoms with Crippen molar-refractivity contribution in [1.29, 1.82) is 0 Å². The third-order valence-corrected chi connectivity index (χ3v) is 11.1. The van der Waals surface area contributed by atoms with Gasteiger partial charge in [0.2, 0.25) is 11.1 Å². The summed E-state index contributed by atoms with van der Waals surface area (Å²) in [6.45, 7) is 5.38. The number of aliphatic hydroxyl groups is 2. The molecule has 0 bridgehead atoms. The minimum absolute atomic E-state index is 0.0668. The van der Waals surface area contributed by atoms with Crippen LogP contribution < -0.4 is 5.73 Å². The fraction of sp³-hybridized carbons (Fsp3) is 0.600. The molecule has 3 unspecified atom stereocenters. The number of esters is 1. The highest BCUT2D eigenvalue weighted by molar-refractivity contribution is 8.13. The molecule has 0 radical (unpaired) electrons. The van der Waals surface area contributed by atoms with Crippen molar-refractivity contribution in [3.05, 3.63) is 47.7 Å². The van der Waals surface area contributed by atoms with Gasteiger partial charge in [0.25, 0.3) is 0 Å². The Morgan fingerprint density at radius 1 is 1.32 bits per heavy atom. The molecule has 1 heterocycles. The van der Waals surface area contributed by atoms with Gasteiger partial charge in [-0.15, -0.1) is 0 Å². The average Bonchev–Trinajstić information content (AvgIpc) is 3.19. The van der Waals surface area contributed by atoms with E-state index in [0.29, 0.717) is 24.9 Å². The zero-order valence-corrected chi connectivity index (χ0v) is 24.0. The quantitative estimate of drug-likeness (QED) is 0.353. The van der Waals surface area contributed by atoms with E-state index in [2.05, 4.69) is 18.0 Å². The van der Waals surface area contributed by atoms with Crippen molar-refractivity contribution in [1.82, 2.24) is 4.98 Å². The maximum Gasteiger partial charge on any atom is 0.303 e. The fourth-order valence-electron chi connectivity index (χ4n) is 8.54. The normalized spacial score (nSPS) is 38.8. The van der Waals surface area contributed by atoms with E-state index < -0.39 is 29.0 Å². The van der Waals surface area contributed by atoms with E-state index in [1.54, 1.807) is 12.3 Å². The monoisotopic (exact) mass is 571 g/mol. The number of hydrogen-bond acceptors (Lipinski definition) is 9. The Bertz CT molecular complexity index is 1280. The van der Waals surface area contributed by atoms with Crippen LogP contribution >= 0.6 is 11.8 Å². The van der Waals surface area contributed by atoms with Crippen molar-refractivity contribution in [3.8, 4) is 0 Å². The van der Waals surface area contributed by atoms with Gasteiger partial charge in [0.15, 0.2) is 5.60 Å². The number of fused-ring (bicyclic) bond motifs is 5. The molecule has 216 valence electrons. The highest BCUT2D eigenvalue weighted by Gasteiger charge is 2.70. The number of allylic oxidation sites excluding steroid dienone is 3. The number of rotatable bonds is 5. The molecule has 3 saturated carbocycles.